The van der Waals surface area contributed by atoms with E-state index < -0.39 is 0 Å². The molecule has 2 saturated carbocycles. The number of fused-ring (bicyclic) bond motifs is 1. The number of methoxy groups -OCH3 is 1. The van der Waals surface area contributed by atoms with Crippen LogP contribution >= 0.6 is 0 Å². The van der Waals surface area contributed by atoms with E-state index in [0.717, 1.165) is 57.5 Å². The average molecular weight is 411 g/mol. The molecule has 0 bridgehead atoms. The van der Waals surface area contributed by atoms with E-state index in [9.17, 15) is 4.79 Å². The third-order valence-electron chi connectivity index (χ3n) is 7.54. The van der Waals surface area contributed by atoms with Crippen molar-refractivity contribution in [3.8, 4) is 0 Å². The van der Waals surface area contributed by atoms with Crippen LogP contribution in [0.15, 0.2) is 18.3 Å². The van der Waals surface area contributed by atoms with Crippen molar-refractivity contribution in [1.82, 2.24) is 20.0 Å². The first kappa shape index (κ1) is 19.9. The maximum atomic E-state index is 12.7. The molecule has 0 spiro atoms. The highest BCUT2D eigenvalue weighted by Crippen LogP contribution is 2.43. The molecule has 0 atom stereocenters. The molecule has 1 aromatic heterocycles. The van der Waals surface area contributed by atoms with Gasteiger partial charge in [0.1, 0.15) is 0 Å². The second-order valence-electron chi connectivity index (χ2n) is 9.45. The number of benzene rings is 1. The molecule has 2 heterocycles. The van der Waals surface area contributed by atoms with E-state index in [-0.39, 0.29) is 6.03 Å². The van der Waals surface area contributed by atoms with Gasteiger partial charge >= 0.3 is 6.03 Å². The fourth-order valence-electron chi connectivity index (χ4n) is 5.43. The summed E-state index contributed by atoms with van der Waals surface area (Å²) in [5.74, 6) is 0.768. The maximum Gasteiger partial charge on any atom is 0.317 e. The number of aromatic nitrogens is 2. The van der Waals surface area contributed by atoms with Crippen LogP contribution in [0.25, 0.3) is 10.9 Å². The monoisotopic (exact) mass is 410 g/mol. The van der Waals surface area contributed by atoms with Crippen LogP contribution in [0.2, 0.25) is 0 Å². The Balaban J connectivity index is 1.19. The number of likely N-dealkylation sites (tertiary alicyclic amines) is 1. The molecular weight excluding hydrogens is 376 g/mol. The number of hydrogen-bond donors (Lipinski definition) is 1. The van der Waals surface area contributed by atoms with Gasteiger partial charge in [0, 0.05) is 31.6 Å². The van der Waals surface area contributed by atoms with Crippen molar-refractivity contribution in [2.75, 3.05) is 20.2 Å². The maximum absolute atomic E-state index is 12.7. The number of rotatable bonds is 4. The van der Waals surface area contributed by atoms with E-state index in [1.165, 1.54) is 34.9 Å². The number of nitrogens with one attached hydrogen (secondary N) is 1. The van der Waals surface area contributed by atoms with Crippen molar-refractivity contribution in [3.05, 3.63) is 29.5 Å². The summed E-state index contributed by atoms with van der Waals surface area (Å²) < 4.78 is 7.64. The zero-order chi connectivity index (χ0) is 20.7. The average Bonchev–Trinajstić information content (AvgIpc) is 3.52. The molecular formula is C24H34N4O2. The number of urea groups is 1. The van der Waals surface area contributed by atoms with Crippen LogP contribution in [0.1, 0.15) is 74.5 Å². The SMILES string of the molecule is CO[C@H]1CC[C@H](NC(=O)N2CCC(n3ncc4c(C)c(C5CC5)ccc43)CC2)CC1. The van der Waals surface area contributed by atoms with Crippen molar-refractivity contribution >= 4 is 16.9 Å². The topological polar surface area (TPSA) is 59.4 Å². The molecule has 162 valence electrons. The molecule has 1 saturated heterocycles. The van der Waals surface area contributed by atoms with Gasteiger partial charge in [0.15, 0.2) is 0 Å². The highest BCUT2D eigenvalue weighted by molar-refractivity contribution is 5.83. The fourth-order valence-corrected chi connectivity index (χ4v) is 5.43. The number of piperidine rings is 1. The standard InChI is InChI=1S/C24H34N4O2/c1-16-21(17-3-4-17)9-10-23-22(16)15-25-28(23)19-11-13-27(14-12-19)24(29)26-18-5-7-20(30-2)8-6-18/h9-10,15,17-20H,3-8,11-14H2,1-2H3,(H,26,29)/t18-,20-. The Bertz CT molecular complexity index is 903. The number of aryl methyl sites for hydroxylation is 1. The molecule has 6 nitrogen and oxygen atoms in total. The molecule has 1 aliphatic heterocycles. The van der Waals surface area contributed by atoms with Gasteiger partial charge in [-0.2, -0.15) is 5.10 Å². The lowest BCUT2D eigenvalue weighted by molar-refractivity contribution is 0.0624. The second-order valence-corrected chi connectivity index (χ2v) is 9.45. The summed E-state index contributed by atoms with van der Waals surface area (Å²) in [5.41, 5.74) is 4.16. The Kier molecular flexibility index (Phi) is 5.44. The second kappa shape index (κ2) is 8.22. The minimum Gasteiger partial charge on any atom is -0.381 e. The quantitative estimate of drug-likeness (QED) is 0.806. The van der Waals surface area contributed by atoms with E-state index in [1.807, 2.05) is 11.1 Å². The van der Waals surface area contributed by atoms with Crippen molar-refractivity contribution in [3.63, 3.8) is 0 Å². The number of carbonyl (C=O) groups is 1. The predicted molar refractivity (Wildman–Crippen MR) is 118 cm³/mol. The summed E-state index contributed by atoms with van der Waals surface area (Å²) in [6.07, 6.45) is 11.1. The zero-order valence-electron chi connectivity index (χ0n) is 18.3. The van der Waals surface area contributed by atoms with Gasteiger partial charge in [0.05, 0.1) is 23.9 Å². The molecule has 0 unspecified atom stereocenters. The zero-order valence-corrected chi connectivity index (χ0v) is 18.3. The molecule has 1 N–H and O–H groups in total. The van der Waals surface area contributed by atoms with Gasteiger partial charge in [0.2, 0.25) is 0 Å². The molecule has 3 aliphatic rings. The van der Waals surface area contributed by atoms with Crippen molar-refractivity contribution < 1.29 is 9.53 Å². The number of carbonyl (C=O) groups excluding carboxylic acids is 1. The largest absolute Gasteiger partial charge is 0.381 e. The van der Waals surface area contributed by atoms with Gasteiger partial charge in [-0.15, -0.1) is 0 Å². The Morgan fingerprint density at radius 3 is 2.47 bits per heavy atom. The predicted octanol–water partition coefficient (Wildman–Crippen LogP) is 4.53. The van der Waals surface area contributed by atoms with Gasteiger partial charge in [0.25, 0.3) is 0 Å². The number of nitrogens with zero attached hydrogens (tertiary/aromatic N) is 3. The molecule has 0 radical (unpaired) electrons. The smallest absolute Gasteiger partial charge is 0.317 e. The van der Waals surface area contributed by atoms with E-state index in [2.05, 4.69) is 29.1 Å². The molecule has 2 aliphatic carbocycles. The first-order valence-electron chi connectivity index (χ1n) is 11.7. The molecule has 2 aromatic rings. The lowest BCUT2D eigenvalue weighted by Gasteiger charge is -2.35. The van der Waals surface area contributed by atoms with Gasteiger partial charge in [-0.05, 0) is 81.4 Å². The molecule has 2 amide bonds. The Labute approximate surface area is 178 Å². The number of amides is 2. The summed E-state index contributed by atoms with van der Waals surface area (Å²) >= 11 is 0. The first-order valence-corrected chi connectivity index (χ1v) is 11.7. The number of ether oxygens (including phenoxy) is 1. The highest BCUT2D eigenvalue weighted by Gasteiger charge is 2.29. The summed E-state index contributed by atoms with van der Waals surface area (Å²) in [4.78, 5) is 14.7. The Hall–Kier alpha value is -2.08. The van der Waals surface area contributed by atoms with E-state index >= 15 is 0 Å². The highest BCUT2D eigenvalue weighted by atomic mass is 16.5. The molecule has 6 heteroatoms. The molecule has 30 heavy (non-hydrogen) atoms. The summed E-state index contributed by atoms with van der Waals surface area (Å²) in [6, 6.07) is 5.34. The van der Waals surface area contributed by atoms with Crippen molar-refractivity contribution in [1.29, 1.82) is 0 Å². The van der Waals surface area contributed by atoms with Crippen LogP contribution in [-0.2, 0) is 4.74 Å². The van der Waals surface area contributed by atoms with Crippen LogP contribution in [0, 0.1) is 6.92 Å². The normalized spacial score (nSPS) is 25.6. The lowest BCUT2D eigenvalue weighted by Crippen LogP contribution is -2.49. The molecule has 3 fully saturated rings. The Morgan fingerprint density at radius 1 is 1.07 bits per heavy atom. The van der Waals surface area contributed by atoms with E-state index in [1.54, 1.807) is 7.11 Å². The van der Waals surface area contributed by atoms with Gasteiger partial charge in [-0.3, -0.25) is 4.68 Å². The third kappa shape index (κ3) is 3.82. The van der Waals surface area contributed by atoms with E-state index in [4.69, 9.17) is 9.84 Å². The van der Waals surface area contributed by atoms with Crippen molar-refractivity contribution in [2.24, 2.45) is 0 Å². The van der Waals surface area contributed by atoms with E-state index in [0.29, 0.717) is 18.2 Å². The fraction of sp³-hybridized carbons (Fsp3) is 0.667. The van der Waals surface area contributed by atoms with Crippen LogP contribution in [-0.4, -0.2) is 53.1 Å². The first-order chi connectivity index (χ1) is 14.6. The van der Waals surface area contributed by atoms with Crippen LogP contribution in [0.5, 0.6) is 0 Å². The van der Waals surface area contributed by atoms with Gasteiger partial charge < -0.3 is 15.0 Å². The molecule has 5 rings (SSSR count). The number of hydrogen-bond acceptors (Lipinski definition) is 3. The summed E-state index contributed by atoms with van der Waals surface area (Å²) in [6.45, 7) is 3.84. The van der Waals surface area contributed by atoms with Crippen LogP contribution in [0.4, 0.5) is 4.79 Å². The van der Waals surface area contributed by atoms with Crippen LogP contribution in [0.3, 0.4) is 0 Å². The minimum absolute atomic E-state index is 0.101. The minimum atomic E-state index is 0.101. The van der Waals surface area contributed by atoms with Crippen LogP contribution < -0.4 is 5.32 Å². The third-order valence-corrected chi connectivity index (χ3v) is 7.54. The summed E-state index contributed by atoms with van der Waals surface area (Å²) in [5, 5.41) is 9.31. The lowest BCUT2D eigenvalue weighted by atomic mass is 9.93. The van der Waals surface area contributed by atoms with Crippen molar-refractivity contribution in [2.45, 2.75) is 82.4 Å². The Morgan fingerprint density at radius 2 is 1.80 bits per heavy atom. The van der Waals surface area contributed by atoms with Gasteiger partial charge in [-0.1, -0.05) is 6.07 Å². The van der Waals surface area contributed by atoms with Gasteiger partial charge in [-0.25, -0.2) is 4.79 Å². The summed E-state index contributed by atoms with van der Waals surface area (Å²) in [7, 11) is 1.78. The molecule has 1 aromatic carbocycles.